The van der Waals surface area contributed by atoms with Crippen molar-refractivity contribution < 1.29 is 4.74 Å². The summed E-state index contributed by atoms with van der Waals surface area (Å²) in [6, 6.07) is 7.50. The fourth-order valence-corrected chi connectivity index (χ4v) is 6.51. The summed E-state index contributed by atoms with van der Waals surface area (Å²) in [5.74, 6) is 4.02. The number of benzene rings is 1. The first-order valence-corrected chi connectivity index (χ1v) is 9.37. The van der Waals surface area contributed by atoms with E-state index in [-0.39, 0.29) is 0 Å². The highest BCUT2D eigenvalue weighted by atomic mass is 16.5. The van der Waals surface area contributed by atoms with E-state index in [9.17, 15) is 0 Å². The largest absolute Gasteiger partial charge is 0.489 e. The second-order valence-electron chi connectivity index (χ2n) is 8.57. The number of hydrogen-bond donors (Lipinski definition) is 1. The summed E-state index contributed by atoms with van der Waals surface area (Å²) in [5, 5.41) is 3.86. The molecule has 0 amide bonds. The first kappa shape index (κ1) is 12.4. The van der Waals surface area contributed by atoms with Gasteiger partial charge >= 0.3 is 0 Å². The Morgan fingerprint density at radius 2 is 2.14 bits per heavy atom. The summed E-state index contributed by atoms with van der Waals surface area (Å²) >= 11 is 0. The third kappa shape index (κ3) is 1.45. The van der Waals surface area contributed by atoms with Gasteiger partial charge in [0.1, 0.15) is 11.9 Å². The van der Waals surface area contributed by atoms with Crippen molar-refractivity contribution in [1.29, 1.82) is 0 Å². The van der Waals surface area contributed by atoms with Crippen LogP contribution in [0.2, 0.25) is 0 Å². The van der Waals surface area contributed by atoms with Crippen molar-refractivity contribution in [3.05, 3.63) is 29.3 Å². The topological polar surface area (TPSA) is 21.3 Å². The molecule has 0 radical (unpaired) electrons. The summed E-state index contributed by atoms with van der Waals surface area (Å²) < 4.78 is 6.58. The minimum absolute atomic E-state index is 0.361. The Hall–Kier alpha value is -1.02. The van der Waals surface area contributed by atoms with Gasteiger partial charge in [0.25, 0.3) is 0 Å². The zero-order valence-electron chi connectivity index (χ0n) is 13.2. The molecule has 2 bridgehead atoms. The molecule has 1 aromatic carbocycles. The van der Waals surface area contributed by atoms with Crippen molar-refractivity contribution in [3.8, 4) is 5.75 Å². The van der Waals surface area contributed by atoms with Gasteiger partial charge in [0.15, 0.2) is 0 Å². The Morgan fingerprint density at radius 3 is 3.05 bits per heavy atom. The summed E-state index contributed by atoms with van der Waals surface area (Å²) in [6.45, 7) is 1.18. The Bertz CT molecular complexity index is 637. The molecule has 6 rings (SSSR count). The molecule has 2 nitrogen and oxygen atoms in total. The molecular formula is C20H25NO. The summed E-state index contributed by atoms with van der Waals surface area (Å²) in [7, 11) is 0. The van der Waals surface area contributed by atoms with E-state index < -0.39 is 0 Å². The predicted molar refractivity (Wildman–Crippen MR) is 86.2 cm³/mol. The van der Waals surface area contributed by atoms with Crippen molar-refractivity contribution in [3.63, 3.8) is 0 Å². The van der Waals surface area contributed by atoms with E-state index in [2.05, 4.69) is 23.5 Å². The highest BCUT2D eigenvalue weighted by Crippen LogP contribution is 2.62. The van der Waals surface area contributed by atoms with Gasteiger partial charge in [-0.15, -0.1) is 0 Å². The van der Waals surface area contributed by atoms with Gasteiger partial charge in [-0.3, -0.25) is 0 Å². The molecule has 116 valence electrons. The van der Waals surface area contributed by atoms with Crippen LogP contribution >= 0.6 is 0 Å². The maximum atomic E-state index is 6.58. The minimum Gasteiger partial charge on any atom is -0.489 e. The lowest BCUT2D eigenvalue weighted by Gasteiger charge is -2.56. The monoisotopic (exact) mass is 295 g/mol. The van der Waals surface area contributed by atoms with Gasteiger partial charge in [-0.25, -0.2) is 0 Å². The van der Waals surface area contributed by atoms with Crippen LogP contribution < -0.4 is 10.1 Å². The lowest BCUT2D eigenvalue weighted by atomic mass is 9.50. The van der Waals surface area contributed by atoms with Crippen molar-refractivity contribution >= 4 is 0 Å². The number of ether oxygens (including phenoxy) is 1. The molecule has 1 N–H and O–H groups in total. The van der Waals surface area contributed by atoms with E-state index in [1.165, 1.54) is 57.2 Å². The Morgan fingerprint density at radius 1 is 1.18 bits per heavy atom. The van der Waals surface area contributed by atoms with E-state index in [1.807, 2.05) is 0 Å². The van der Waals surface area contributed by atoms with Crippen LogP contribution in [0.5, 0.6) is 5.75 Å². The van der Waals surface area contributed by atoms with E-state index in [0.717, 1.165) is 17.8 Å². The first-order valence-electron chi connectivity index (χ1n) is 9.37. The molecule has 5 atom stereocenters. The zero-order valence-corrected chi connectivity index (χ0v) is 13.2. The molecule has 1 aromatic rings. The quantitative estimate of drug-likeness (QED) is 0.902. The number of piperidine rings is 1. The molecule has 22 heavy (non-hydrogen) atoms. The Labute approximate surface area is 132 Å². The molecule has 1 saturated heterocycles. The van der Waals surface area contributed by atoms with Gasteiger partial charge in [0.2, 0.25) is 0 Å². The smallest absolute Gasteiger partial charge is 0.123 e. The normalized spacial score (nSPS) is 44.4. The maximum Gasteiger partial charge on any atom is 0.123 e. The van der Waals surface area contributed by atoms with E-state index >= 15 is 0 Å². The van der Waals surface area contributed by atoms with Crippen LogP contribution in [0.4, 0.5) is 0 Å². The van der Waals surface area contributed by atoms with Crippen molar-refractivity contribution in [1.82, 2.24) is 5.32 Å². The van der Waals surface area contributed by atoms with E-state index in [1.54, 1.807) is 11.1 Å². The second-order valence-corrected chi connectivity index (χ2v) is 8.57. The molecule has 1 unspecified atom stereocenters. The van der Waals surface area contributed by atoms with Gasteiger partial charge in [-0.2, -0.15) is 0 Å². The molecular weight excluding hydrogens is 270 g/mol. The van der Waals surface area contributed by atoms with Crippen LogP contribution in [-0.2, 0) is 11.8 Å². The van der Waals surface area contributed by atoms with Gasteiger partial charge in [-0.05, 0) is 68.0 Å². The predicted octanol–water partition coefficient (Wildman–Crippen LogP) is 3.43. The number of rotatable bonds is 2. The van der Waals surface area contributed by atoms with Gasteiger partial charge in [0.05, 0.1) is 0 Å². The fourth-order valence-electron chi connectivity index (χ4n) is 6.51. The Balaban J connectivity index is 1.48. The van der Waals surface area contributed by atoms with Crippen LogP contribution in [0.15, 0.2) is 18.2 Å². The summed E-state index contributed by atoms with van der Waals surface area (Å²) in [6.07, 6.45) is 10.2. The lowest BCUT2D eigenvalue weighted by molar-refractivity contribution is -0.0230. The molecule has 2 heterocycles. The van der Waals surface area contributed by atoms with Crippen LogP contribution in [0.1, 0.15) is 49.7 Å². The van der Waals surface area contributed by atoms with Crippen LogP contribution in [0, 0.1) is 17.8 Å². The van der Waals surface area contributed by atoms with E-state index in [4.69, 9.17) is 4.74 Å². The molecule has 3 fully saturated rings. The molecule has 3 aliphatic carbocycles. The van der Waals surface area contributed by atoms with Gasteiger partial charge < -0.3 is 10.1 Å². The van der Waals surface area contributed by atoms with Crippen LogP contribution in [-0.4, -0.2) is 18.7 Å². The zero-order chi connectivity index (χ0) is 14.3. The molecule has 2 saturated carbocycles. The lowest BCUT2D eigenvalue weighted by Crippen LogP contribution is -2.64. The average molecular weight is 295 g/mol. The fraction of sp³-hybridized carbons (Fsp3) is 0.700. The summed E-state index contributed by atoms with van der Waals surface area (Å²) in [4.78, 5) is 0. The van der Waals surface area contributed by atoms with Crippen molar-refractivity contribution in [2.24, 2.45) is 17.8 Å². The highest BCUT2D eigenvalue weighted by molar-refractivity contribution is 5.54. The second kappa shape index (κ2) is 4.08. The van der Waals surface area contributed by atoms with Crippen molar-refractivity contribution in [2.45, 2.75) is 62.5 Å². The first-order chi connectivity index (χ1) is 10.8. The highest BCUT2D eigenvalue weighted by Gasteiger charge is 2.62. The average Bonchev–Trinajstić information content (AvgIpc) is 3.25. The van der Waals surface area contributed by atoms with E-state index in [0.29, 0.717) is 17.6 Å². The SMILES string of the molecule is c1cc2c3c(c1)O[C@H]1CC(CC4CC4)C[C@H]4[C@@H](C2)NCC[C@]314. The van der Waals surface area contributed by atoms with Gasteiger partial charge in [-0.1, -0.05) is 25.0 Å². The van der Waals surface area contributed by atoms with Gasteiger partial charge in [0, 0.05) is 17.0 Å². The molecule has 5 aliphatic rings. The van der Waals surface area contributed by atoms with Crippen LogP contribution in [0.25, 0.3) is 0 Å². The molecule has 2 aliphatic heterocycles. The van der Waals surface area contributed by atoms with Crippen LogP contribution in [0.3, 0.4) is 0 Å². The number of hydrogen-bond acceptors (Lipinski definition) is 2. The number of nitrogens with one attached hydrogen (secondary N) is 1. The third-order valence-corrected chi connectivity index (χ3v) is 7.45. The van der Waals surface area contributed by atoms with Crippen molar-refractivity contribution in [2.75, 3.05) is 6.54 Å². The third-order valence-electron chi connectivity index (χ3n) is 7.45. The molecule has 2 heteroatoms. The molecule has 0 aromatic heterocycles. The Kier molecular flexibility index (Phi) is 2.30. The molecule has 1 spiro atoms. The summed E-state index contributed by atoms with van der Waals surface area (Å²) in [5.41, 5.74) is 3.57. The maximum absolute atomic E-state index is 6.58. The minimum atomic E-state index is 0.361. The standard InChI is InChI=1S/C20H25NO/c1-2-14-11-16-15-9-13(8-12-4-5-12)10-18-20(15,6-7-21-16)19(14)17(3-1)22-18/h1-3,12-13,15-16,18,21H,4-11H2/t13?,15-,16+,18-,20+/m0/s1.